The van der Waals surface area contributed by atoms with Crippen LogP contribution in [0.3, 0.4) is 0 Å². The first-order chi connectivity index (χ1) is 7.45. The zero-order valence-corrected chi connectivity index (χ0v) is 9.44. The molecule has 1 aromatic carbocycles. The predicted molar refractivity (Wildman–Crippen MR) is 57.4 cm³/mol. The molecule has 0 radical (unpaired) electrons. The summed E-state index contributed by atoms with van der Waals surface area (Å²) in [6, 6.07) is 2.93. The van der Waals surface area contributed by atoms with Crippen molar-refractivity contribution in [2.75, 3.05) is 12.4 Å². The summed E-state index contributed by atoms with van der Waals surface area (Å²) in [7, 11) is 1.36. The number of ether oxygens (including phenoxy) is 1. The Balaban J connectivity index is 3.03. The van der Waals surface area contributed by atoms with Gasteiger partial charge in [0, 0.05) is 11.1 Å². The summed E-state index contributed by atoms with van der Waals surface area (Å²) in [4.78, 5) is 10.8. The normalized spacial score (nSPS) is 10.4. The van der Waals surface area contributed by atoms with Gasteiger partial charge in [0.15, 0.2) is 0 Å². The first-order valence-electron chi connectivity index (χ1n) is 4.39. The van der Waals surface area contributed by atoms with Gasteiger partial charge in [0.25, 0.3) is 5.91 Å². The molecule has 0 aliphatic carbocycles. The molecule has 0 unspecified atom stereocenters. The van der Waals surface area contributed by atoms with E-state index in [0.29, 0.717) is 10.6 Å². The lowest BCUT2D eigenvalue weighted by Gasteiger charge is -2.11. The second kappa shape index (κ2) is 5.12. The number of nitrogens with one attached hydrogen (secondary N) is 1. The summed E-state index contributed by atoms with van der Waals surface area (Å²) < 4.78 is 29.0. The van der Waals surface area contributed by atoms with Crippen molar-refractivity contribution in [1.29, 1.82) is 0 Å². The minimum absolute atomic E-state index is 0.176. The third-order valence-corrected chi connectivity index (χ3v) is 2.34. The Morgan fingerprint density at radius 3 is 2.62 bits per heavy atom. The zero-order valence-electron chi connectivity index (χ0n) is 8.68. The number of carbonyl (C=O) groups excluding carboxylic acids is 1. The van der Waals surface area contributed by atoms with Gasteiger partial charge in [0.1, 0.15) is 5.75 Å². The van der Waals surface area contributed by atoms with Gasteiger partial charge in [-0.15, -0.1) is 0 Å². The summed E-state index contributed by atoms with van der Waals surface area (Å²) in [5.41, 5.74) is 0.835. The smallest absolute Gasteiger partial charge is 0.315 e. The molecule has 6 heteroatoms. The van der Waals surface area contributed by atoms with E-state index >= 15 is 0 Å². The van der Waals surface area contributed by atoms with E-state index in [-0.39, 0.29) is 11.4 Å². The van der Waals surface area contributed by atoms with Gasteiger partial charge in [-0.1, -0.05) is 11.6 Å². The van der Waals surface area contributed by atoms with E-state index in [4.69, 9.17) is 16.3 Å². The van der Waals surface area contributed by atoms with E-state index in [1.807, 2.05) is 0 Å². The summed E-state index contributed by atoms with van der Waals surface area (Å²) >= 11 is 5.82. The highest BCUT2D eigenvalue weighted by Gasteiger charge is 2.17. The maximum atomic E-state index is 12.1. The van der Waals surface area contributed by atoms with Crippen LogP contribution in [-0.2, 0) is 4.79 Å². The van der Waals surface area contributed by atoms with Crippen LogP contribution >= 0.6 is 11.6 Å². The van der Waals surface area contributed by atoms with Crippen LogP contribution in [0.2, 0.25) is 5.02 Å². The molecule has 1 rings (SSSR count). The molecule has 0 saturated carbocycles. The fourth-order valence-corrected chi connectivity index (χ4v) is 1.27. The van der Waals surface area contributed by atoms with E-state index in [1.54, 1.807) is 6.92 Å². The highest BCUT2D eigenvalue weighted by Crippen LogP contribution is 2.31. The molecule has 0 aromatic heterocycles. The number of hydrogen-bond acceptors (Lipinski definition) is 2. The summed E-state index contributed by atoms with van der Waals surface area (Å²) in [6.07, 6.45) is -3.07. The number of anilines is 1. The average Bonchev–Trinajstić information content (AvgIpc) is 2.22. The third-order valence-electron chi connectivity index (χ3n) is 1.94. The zero-order chi connectivity index (χ0) is 12.3. The van der Waals surface area contributed by atoms with Crippen molar-refractivity contribution in [3.05, 3.63) is 22.7 Å². The maximum Gasteiger partial charge on any atom is 0.315 e. The highest BCUT2D eigenvalue weighted by molar-refractivity contribution is 6.31. The van der Waals surface area contributed by atoms with Crippen LogP contribution in [0.4, 0.5) is 14.5 Å². The molecule has 1 N–H and O–H groups in total. The lowest BCUT2D eigenvalue weighted by atomic mass is 10.2. The number of carbonyl (C=O) groups is 1. The Kier molecular flexibility index (Phi) is 4.06. The lowest BCUT2D eigenvalue weighted by molar-refractivity contribution is -0.126. The highest BCUT2D eigenvalue weighted by atomic mass is 35.5. The van der Waals surface area contributed by atoms with E-state index in [9.17, 15) is 13.6 Å². The third kappa shape index (κ3) is 2.82. The molecule has 1 aromatic rings. The van der Waals surface area contributed by atoms with Crippen molar-refractivity contribution in [3.63, 3.8) is 0 Å². The SMILES string of the molecule is COc1cc(Cl)c(C)cc1NC(=O)C(F)F. The monoisotopic (exact) mass is 249 g/mol. The second-order valence-electron chi connectivity index (χ2n) is 3.09. The van der Waals surface area contributed by atoms with E-state index < -0.39 is 12.3 Å². The number of alkyl halides is 2. The molecule has 0 spiro atoms. The molecule has 0 saturated heterocycles. The van der Waals surface area contributed by atoms with Crippen LogP contribution in [0, 0.1) is 6.92 Å². The average molecular weight is 250 g/mol. The van der Waals surface area contributed by atoms with Gasteiger partial charge in [0.2, 0.25) is 0 Å². The lowest BCUT2D eigenvalue weighted by Crippen LogP contribution is -2.20. The van der Waals surface area contributed by atoms with E-state index in [1.165, 1.54) is 19.2 Å². The number of methoxy groups -OCH3 is 1. The quantitative estimate of drug-likeness (QED) is 0.895. The van der Waals surface area contributed by atoms with E-state index in [0.717, 1.165) is 0 Å². The molecule has 0 aliphatic rings. The first kappa shape index (κ1) is 12.7. The van der Waals surface area contributed by atoms with Crippen molar-refractivity contribution < 1.29 is 18.3 Å². The Morgan fingerprint density at radius 2 is 2.12 bits per heavy atom. The minimum atomic E-state index is -3.07. The van der Waals surface area contributed by atoms with Crippen LogP contribution in [-0.4, -0.2) is 19.4 Å². The number of amides is 1. The summed E-state index contributed by atoms with van der Waals surface area (Å²) in [5.74, 6) is -1.13. The van der Waals surface area contributed by atoms with Gasteiger partial charge in [-0.25, -0.2) is 0 Å². The van der Waals surface area contributed by atoms with Gasteiger partial charge >= 0.3 is 6.43 Å². The minimum Gasteiger partial charge on any atom is -0.495 e. The Morgan fingerprint density at radius 1 is 1.50 bits per heavy atom. The molecule has 0 heterocycles. The summed E-state index contributed by atoms with van der Waals surface area (Å²) in [5, 5.41) is 2.49. The Labute approximate surface area is 96.4 Å². The number of halogens is 3. The fraction of sp³-hybridized carbons (Fsp3) is 0.300. The molecular formula is C10H10ClF2NO2. The molecule has 0 bridgehead atoms. The maximum absolute atomic E-state index is 12.1. The predicted octanol–water partition coefficient (Wildman–Crippen LogP) is 2.86. The molecule has 1 amide bonds. The molecule has 0 fully saturated rings. The van der Waals surface area contributed by atoms with Crippen LogP contribution in [0.25, 0.3) is 0 Å². The Hall–Kier alpha value is -1.36. The van der Waals surface area contributed by atoms with Crippen molar-refractivity contribution in [1.82, 2.24) is 0 Å². The van der Waals surface area contributed by atoms with Gasteiger partial charge in [-0.3, -0.25) is 4.79 Å². The van der Waals surface area contributed by atoms with Crippen molar-refractivity contribution >= 4 is 23.2 Å². The van der Waals surface area contributed by atoms with Gasteiger partial charge in [0.05, 0.1) is 12.8 Å². The Bertz CT molecular complexity index is 410. The van der Waals surface area contributed by atoms with Crippen molar-refractivity contribution in [3.8, 4) is 5.75 Å². The second-order valence-corrected chi connectivity index (χ2v) is 3.50. The van der Waals surface area contributed by atoms with E-state index in [2.05, 4.69) is 5.32 Å². The van der Waals surface area contributed by atoms with Crippen LogP contribution in [0.5, 0.6) is 5.75 Å². The molecule has 0 aliphatic heterocycles. The number of aryl methyl sites for hydroxylation is 1. The fourth-order valence-electron chi connectivity index (χ4n) is 1.12. The number of hydrogen-bond donors (Lipinski definition) is 1. The van der Waals surface area contributed by atoms with Crippen LogP contribution in [0.1, 0.15) is 5.56 Å². The van der Waals surface area contributed by atoms with Crippen molar-refractivity contribution in [2.45, 2.75) is 13.3 Å². The van der Waals surface area contributed by atoms with Gasteiger partial charge < -0.3 is 10.1 Å². The molecule has 0 atom stereocenters. The molecule has 3 nitrogen and oxygen atoms in total. The standard InChI is InChI=1S/C10H10ClF2NO2/c1-5-3-7(14-10(15)9(12)13)8(16-2)4-6(5)11/h3-4,9H,1-2H3,(H,14,15). The van der Waals surface area contributed by atoms with Crippen LogP contribution < -0.4 is 10.1 Å². The topological polar surface area (TPSA) is 38.3 Å². The number of benzene rings is 1. The van der Waals surface area contributed by atoms with Gasteiger partial charge in [-0.2, -0.15) is 8.78 Å². The van der Waals surface area contributed by atoms with Crippen LogP contribution in [0.15, 0.2) is 12.1 Å². The molecule has 16 heavy (non-hydrogen) atoms. The largest absolute Gasteiger partial charge is 0.495 e. The summed E-state index contributed by atoms with van der Waals surface area (Å²) in [6.45, 7) is 1.69. The first-order valence-corrected chi connectivity index (χ1v) is 4.76. The molecule has 88 valence electrons. The van der Waals surface area contributed by atoms with Crippen molar-refractivity contribution in [2.24, 2.45) is 0 Å². The number of rotatable bonds is 3. The molecular weight excluding hydrogens is 240 g/mol. The van der Waals surface area contributed by atoms with Gasteiger partial charge in [-0.05, 0) is 18.6 Å².